The highest BCUT2D eigenvalue weighted by atomic mass is 79.9. The molecule has 0 spiro atoms. The molecule has 94 valence electrons. The second kappa shape index (κ2) is 6.05. The Hall–Kier alpha value is -1.03. The molecule has 0 saturated carbocycles. The number of halogens is 1. The molecule has 1 aromatic carbocycles. The van der Waals surface area contributed by atoms with Crippen molar-refractivity contribution < 1.29 is 4.74 Å². The summed E-state index contributed by atoms with van der Waals surface area (Å²) in [5.74, 6) is 1.09. The summed E-state index contributed by atoms with van der Waals surface area (Å²) >= 11 is 3.43. The molecular weight excluding hydrogens is 280 g/mol. The maximum Gasteiger partial charge on any atom is 0.133 e. The third kappa shape index (κ3) is 4.38. The molecule has 0 amide bonds. The lowest BCUT2D eigenvalue weighted by Gasteiger charge is -2.22. The average Bonchev–Trinajstić information content (AvgIpc) is 2.26. The zero-order valence-electron chi connectivity index (χ0n) is 10.3. The second-order valence-corrected chi connectivity index (χ2v) is 5.53. The molecule has 3 N–H and O–H groups in total. The zero-order chi connectivity index (χ0) is 12.9. The standard InChI is InChI=1S/C13H19BrN2O/c1-13(2,12(15)16)8-5-9-17-11-7-4-3-6-10(11)14/h3-4,6-7H,5,8-9H2,1-2H3,(H3,15,16). The molecule has 0 aliphatic carbocycles. The van der Waals surface area contributed by atoms with E-state index in [1.54, 1.807) is 0 Å². The first-order valence-electron chi connectivity index (χ1n) is 5.65. The third-order valence-corrected chi connectivity index (χ3v) is 3.42. The number of ether oxygens (including phenoxy) is 1. The molecule has 4 heteroatoms. The highest BCUT2D eigenvalue weighted by Gasteiger charge is 2.20. The van der Waals surface area contributed by atoms with E-state index < -0.39 is 0 Å². The van der Waals surface area contributed by atoms with E-state index in [-0.39, 0.29) is 11.3 Å². The van der Waals surface area contributed by atoms with E-state index in [2.05, 4.69) is 15.9 Å². The Kier molecular flexibility index (Phi) is 5.00. The zero-order valence-corrected chi connectivity index (χ0v) is 11.9. The van der Waals surface area contributed by atoms with Gasteiger partial charge in [-0.05, 0) is 40.9 Å². The summed E-state index contributed by atoms with van der Waals surface area (Å²) < 4.78 is 6.62. The van der Waals surface area contributed by atoms with Crippen molar-refractivity contribution in [1.29, 1.82) is 5.41 Å². The molecule has 17 heavy (non-hydrogen) atoms. The molecule has 0 aromatic heterocycles. The van der Waals surface area contributed by atoms with Gasteiger partial charge in [-0.2, -0.15) is 0 Å². The molecule has 0 fully saturated rings. The maximum atomic E-state index is 7.46. The molecule has 1 aromatic rings. The second-order valence-electron chi connectivity index (χ2n) is 4.68. The van der Waals surface area contributed by atoms with E-state index in [4.69, 9.17) is 15.9 Å². The monoisotopic (exact) mass is 298 g/mol. The summed E-state index contributed by atoms with van der Waals surface area (Å²) in [6, 6.07) is 7.78. The van der Waals surface area contributed by atoms with Crippen molar-refractivity contribution in [3.05, 3.63) is 28.7 Å². The minimum absolute atomic E-state index is 0.235. The number of nitrogens with two attached hydrogens (primary N) is 1. The molecule has 0 bridgehead atoms. The van der Waals surface area contributed by atoms with Crippen LogP contribution >= 0.6 is 15.9 Å². The molecule has 0 heterocycles. The van der Waals surface area contributed by atoms with Crippen molar-refractivity contribution in [1.82, 2.24) is 0 Å². The molecule has 0 aliphatic rings. The molecule has 0 aliphatic heterocycles. The lowest BCUT2D eigenvalue weighted by molar-refractivity contribution is 0.285. The SMILES string of the molecule is CC(C)(CCCOc1ccccc1Br)C(=N)N. The predicted octanol–water partition coefficient (Wildman–Crippen LogP) is 3.57. The Bertz CT molecular complexity index is 391. The first-order valence-corrected chi connectivity index (χ1v) is 6.44. The van der Waals surface area contributed by atoms with Crippen LogP contribution in [0.2, 0.25) is 0 Å². The lowest BCUT2D eigenvalue weighted by Crippen LogP contribution is -2.31. The Labute approximate surface area is 111 Å². The highest BCUT2D eigenvalue weighted by molar-refractivity contribution is 9.10. The fourth-order valence-electron chi connectivity index (χ4n) is 1.39. The van der Waals surface area contributed by atoms with Crippen molar-refractivity contribution in [2.75, 3.05) is 6.61 Å². The van der Waals surface area contributed by atoms with E-state index in [1.807, 2.05) is 38.1 Å². The van der Waals surface area contributed by atoms with Crippen LogP contribution in [-0.4, -0.2) is 12.4 Å². The molecule has 0 unspecified atom stereocenters. The molecular formula is C13H19BrN2O. The summed E-state index contributed by atoms with van der Waals surface area (Å²) in [4.78, 5) is 0. The number of para-hydroxylation sites is 1. The Balaban J connectivity index is 2.35. The van der Waals surface area contributed by atoms with Crippen LogP contribution in [0.4, 0.5) is 0 Å². The Morgan fingerprint density at radius 2 is 2.06 bits per heavy atom. The number of benzene rings is 1. The van der Waals surface area contributed by atoms with Gasteiger partial charge in [-0.3, -0.25) is 5.41 Å². The van der Waals surface area contributed by atoms with Gasteiger partial charge in [-0.1, -0.05) is 26.0 Å². The minimum Gasteiger partial charge on any atom is -0.492 e. The van der Waals surface area contributed by atoms with Crippen molar-refractivity contribution in [2.45, 2.75) is 26.7 Å². The van der Waals surface area contributed by atoms with Crippen molar-refractivity contribution in [2.24, 2.45) is 11.1 Å². The normalized spacial score (nSPS) is 11.2. The van der Waals surface area contributed by atoms with Crippen LogP contribution in [0, 0.1) is 10.8 Å². The van der Waals surface area contributed by atoms with Crippen molar-refractivity contribution >= 4 is 21.8 Å². The number of amidine groups is 1. The van der Waals surface area contributed by atoms with Gasteiger partial charge in [0.1, 0.15) is 5.75 Å². The molecule has 1 rings (SSSR count). The van der Waals surface area contributed by atoms with E-state index in [9.17, 15) is 0 Å². The van der Waals surface area contributed by atoms with Crippen LogP contribution in [-0.2, 0) is 0 Å². The van der Waals surface area contributed by atoms with E-state index >= 15 is 0 Å². The van der Waals surface area contributed by atoms with Gasteiger partial charge in [0.25, 0.3) is 0 Å². The average molecular weight is 299 g/mol. The summed E-state index contributed by atoms with van der Waals surface area (Å²) in [6.07, 6.45) is 1.74. The molecule has 3 nitrogen and oxygen atoms in total. The molecule has 0 atom stereocenters. The number of hydrogen-bond donors (Lipinski definition) is 2. The third-order valence-electron chi connectivity index (χ3n) is 2.77. The quantitative estimate of drug-likeness (QED) is 0.479. The first kappa shape index (κ1) is 14.0. The van der Waals surface area contributed by atoms with Gasteiger partial charge in [0.05, 0.1) is 16.9 Å². The van der Waals surface area contributed by atoms with E-state index in [0.717, 1.165) is 23.1 Å². The smallest absolute Gasteiger partial charge is 0.133 e. The largest absolute Gasteiger partial charge is 0.492 e. The van der Waals surface area contributed by atoms with Crippen LogP contribution in [0.5, 0.6) is 5.75 Å². The summed E-state index contributed by atoms with van der Waals surface area (Å²) in [5, 5.41) is 7.46. The Morgan fingerprint density at radius 1 is 1.41 bits per heavy atom. The molecule has 0 saturated heterocycles. The van der Waals surface area contributed by atoms with E-state index in [0.29, 0.717) is 6.61 Å². The van der Waals surface area contributed by atoms with Crippen LogP contribution in [0.15, 0.2) is 28.7 Å². The fourth-order valence-corrected chi connectivity index (χ4v) is 1.79. The van der Waals surface area contributed by atoms with Crippen molar-refractivity contribution in [3.8, 4) is 5.75 Å². The predicted molar refractivity (Wildman–Crippen MR) is 74.6 cm³/mol. The van der Waals surface area contributed by atoms with Crippen molar-refractivity contribution in [3.63, 3.8) is 0 Å². The minimum atomic E-state index is -0.239. The van der Waals surface area contributed by atoms with Gasteiger partial charge in [0, 0.05) is 5.41 Å². The van der Waals surface area contributed by atoms with Gasteiger partial charge in [0.2, 0.25) is 0 Å². The number of nitrogens with one attached hydrogen (secondary N) is 1. The topological polar surface area (TPSA) is 59.1 Å². The highest BCUT2D eigenvalue weighted by Crippen LogP contribution is 2.25. The van der Waals surface area contributed by atoms with Crippen LogP contribution < -0.4 is 10.5 Å². The fraction of sp³-hybridized carbons (Fsp3) is 0.462. The van der Waals surface area contributed by atoms with Crippen LogP contribution in [0.3, 0.4) is 0 Å². The van der Waals surface area contributed by atoms with Crippen LogP contribution in [0.1, 0.15) is 26.7 Å². The lowest BCUT2D eigenvalue weighted by atomic mass is 9.87. The summed E-state index contributed by atoms with van der Waals surface area (Å²) in [6.45, 7) is 4.60. The molecule has 0 radical (unpaired) electrons. The number of rotatable bonds is 6. The maximum absolute atomic E-state index is 7.46. The van der Waals surface area contributed by atoms with Gasteiger partial charge in [-0.25, -0.2) is 0 Å². The van der Waals surface area contributed by atoms with Gasteiger partial charge >= 0.3 is 0 Å². The summed E-state index contributed by atoms with van der Waals surface area (Å²) in [5.41, 5.74) is 5.28. The van der Waals surface area contributed by atoms with Gasteiger partial charge in [0.15, 0.2) is 0 Å². The van der Waals surface area contributed by atoms with Gasteiger partial charge < -0.3 is 10.5 Å². The Morgan fingerprint density at radius 3 is 2.65 bits per heavy atom. The van der Waals surface area contributed by atoms with Crippen LogP contribution in [0.25, 0.3) is 0 Å². The van der Waals surface area contributed by atoms with E-state index in [1.165, 1.54) is 0 Å². The summed E-state index contributed by atoms with van der Waals surface area (Å²) in [7, 11) is 0. The number of hydrogen-bond acceptors (Lipinski definition) is 2. The van der Waals surface area contributed by atoms with Gasteiger partial charge in [-0.15, -0.1) is 0 Å². The first-order chi connectivity index (χ1) is 7.93.